The molecule has 4 heterocycles. The van der Waals surface area contributed by atoms with E-state index >= 15 is 0 Å². The zero-order chi connectivity index (χ0) is 32.9. The molecule has 3 aromatic rings. The van der Waals surface area contributed by atoms with Gasteiger partial charge in [-0.2, -0.15) is 0 Å². The Bertz CT molecular complexity index is 1830. The standard InChI is InChI=1S/C37H40N2O8/c1-4-45-36(42)35-26(19-40)32(22-6-8-28(41)24(16-22)20-5-7-27-21(15-20)9-14-39-27)33-30(47-35)18-29-25(34(33)44-3)17-31(46-29)37(2,43)23-10-12-38-13-11-23/h5,7,9,14-15,18-19,23-24,31,38-39,43H,4,6,8,10-13,16-17H2,1-3H3. The average molecular weight is 641 g/mol. The highest BCUT2D eigenvalue weighted by atomic mass is 16.6. The Labute approximate surface area is 273 Å². The van der Waals surface area contributed by atoms with Gasteiger partial charge in [-0.3, -0.25) is 9.59 Å². The third-order valence-corrected chi connectivity index (χ3v) is 10.4. The second-order valence-corrected chi connectivity index (χ2v) is 13.0. The molecule has 47 heavy (non-hydrogen) atoms. The van der Waals surface area contributed by atoms with Crippen LogP contribution in [0.3, 0.4) is 0 Å². The van der Waals surface area contributed by atoms with Gasteiger partial charge in [-0.05, 0) is 87.7 Å². The van der Waals surface area contributed by atoms with E-state index in [0.717, 1.165) is 53.5 Å². The molecule has 2 aromatic carbocycles. The van der Waals surface area contributed by atoms with E-state index in [9.17, 15) is 19.5 Å². The van der Waals surface area contributed by atoms with Crippen LogP contribution < -0.4 is 19.5 Å². The van der Waals surface area contributed by atoms with Gasteiger partial charge in [0.05, 0.1) is 24.9 Å². The summed E-state index contributed by atoms with van der Waals surface area (Å²) in [5, 5.41) is 16.1. The summed E-state index contributed by atoms with van der Waals surface area (Å²) < 4.78 is 24.0. The lowest BCUT2D eigenvalue weighted by molar-refractivity contribution is -0.141. The minimum Gasteiger partial charge on any atom is -0.496 e. The first kappa shape index (κ1) is 31.2. The zero-order valence-corrected chi connectivity index (χ0v) is 26.9. The molecule has 1 aliphatic carbocycles. The Morgan fingerprint density at radius 2 is 1.94 bits per heavy atom. The molecule has 10 nitrogen and oxygen atoms in total. The van der Waals surface area contributed by atoms with E-state index in [-0.39, 0.29) is 36.1 Å². The predicted molar refractivity (Wildman–Crippen MR) is 175 cm³/mol. The summed E-state index contributed by atoms with van der Waals surface area (Å²) in [4.78, 5) is 42.8. The van der Waals surface area contributed by atoms with Crippen molar-refractivity contribution >= 4 is 34.5 Å². The molecule has 3 unspecified atom stereocenters. The number of methoxy groups -OCH3 is 1. The lowest BCUT2D eigenvalue weighted by Gasteiger charge is -2.39. The van der Waals surface area contributed by atoms with Crippen LogP contribution in [0.15, 0.2) is 53.4 Å². The number of aldehydes is 1. The van der Waals surface area contributed by atoms with Crippen molar-refractivity contribution < 1.29 is 38.4 Å². The highest BCUT2D eigenvalue weighted by Gasteiger charge is 2.47. The first-order valence-electron chi connectivity index (χ1n) is 16.5. The minimum atomic E-state index is -1.10. The van der Waals surface area contributed by atoms with Crippen molar-refractivity contribution in [3.8, 4) is 17.2 Å². The van der Waals surface area contributed by atoms with Gasteiger partial charge in [0.1, 0.15) is 34.7 Å². The van der Waals surface area contributed by atoms with Gasteiger partial charge in [0.15, 0.2) is 6.29 Å². The molecule has 3 N–H and O–H groups in total. The molecule has 0 spiro atoms. The van der Waals surface area contributed by atoms with Crippen molar-refractivity contribution in [1.29, 1.82) is 0 Å². The number of ketones is 1. The molecule has 3 atom stereocenters. The summed E-state index contributed by atoms with van der Waals surface area (Å²) in [7, 11) is 1.56. The second-order valence-electron chi connectivity index (χ2n) is 13.0. The van der Waals surface area contributed by atoms with Crippen molar-refractivity contribution in [3.05, 3.63) is 70.1 Å². The molecule has 7 rings (SSSR count). The summed E-state index contributed by atoms with van der Waals surface area (Å²) in [5.41, 5.74) is 3.52. The number of rotatable bonds is 7. The van der Waals surface area contributed by atoms with Gasteiger partial charge in [-0.1, -0.05) is 11.6 Å². The number of carbonyl (C=O) groups is 3. The summed E-state index contributed by atoms with van der Waals surface area (Å²) in [6, 6.07) is 9.66. The number of fused-ring (bicyclic) bond motifs is 3. The molecule has 4 aliphatic rings. The Kier molecular flexibility index (Phi) is 8.18. The third-order valence-electron chi connectivity index (χ3n) is 10.4. The van der Waals surface area contributed by atoms with Crippen molar-refractivity contribution in [3.63, 3.8) is 0 Å². The van der Waals surface area contributed by atoms with Crippen molar-refractivity contribution in [1.82, 2.24) is 10.3 Å². The van der Waals surface area contributed by atoms with Gasteiger partial charge >= 0.3 is 5.97 Å². The normalized spacial score (nSPS) is 24.2. The van der Waals surface area contributed by atoms with Crippen molar-refractivity contribution in [2.45, 2.75) is 70.0 Å². The first-order chi connectivity index (χ1) is 22.7. The molecule has 0 amide bonds. The van der Waals surface area contributed by atoms with Gasteiger partial charge in [0, 0.05) is 47.7 Å². The zero-order valence-electron chi connectivity index (χ0n) is 26.9. The molecule has 3 aliphatic heterocycles. The average Bonchev–Trinajstić information content (AvgIpc) is 3.74. The Hall–Kier alpha value is -4.41. The summed E-state index contributed by atoms with van der Waals surface area (Å²) in [6.07, 6.45) is 5.09. The molecule has 1 saturated heterocycles. The van der Waals surface area contributed by atoms with E-state index < -0.39 is 23.6 Å². The van der Waals surface area contributed by atoms with Gasteiger partial charge in [-0.25, -0.2) is 4.79 Å². The number of aromatic nitrogens is 1. The molecule has 0 radical (unpaired) electrons. The van der Waals surface area contributed by atoms with Crippen molar-refractivity contribution in [2.75, 3.05) is 26.8 Å². The van der Waals surface area contributed by atoms with Crippen LogP contribution in [0.5, 0.6) is 17.2 Å². The van der Waals surface area contributed by atoms with Gasteiger partial charge in [-0.15, -0.1) is 0 Å². The molecule has 10 heteroatoms. The predicted octanol–water partition coefficient (Wildman–Crippen LogP) is 4.93. The van der Waals surface area contributed by atoms with Gasteiger partial charge in [0.25, 0.3) is 0 Å². The number of aromatic amines is 1. The molecular weight excluding hydrogens is 600 g/mol. The maximum absolute atomic E-state index is 13.4. The quantitative estimate of drug-likeness (QED) is 0.243. The Morgan fingerprint density at radius 3 is 2.68 bits per heavy atom. The fourth-order valence-electron chi connectivity index (χ4n) is 7.84. The number of ether oxygens (including phenoxy) is 4. The lowest BCUT2D eigenvalue weighted by Crippen LogP contribution is -2.51. The number of nitrogens with one attached hydrogen (secondary N) is 2. The van der Waals surface area contributed by atoms with Gasteiger partial charge < -0.3 is 34.4 Å². The summed E-state index contributed by atoms with van der Waals surface area (Å²) in [5.74, 6) is 0.0373. The van der Waals surface area contributed by atoms with Crippen LogP contribution in [-0.4, -0.2) is 66.6 Å². The number of carbonyl (C=O) groups excluding carboxylic acids is 3. The lowest BCUT2D eigenvalue weighted by atomic mass is 9.75. The van der Waals surface area contributed by atoms with Crippen molar-refractivity contribution in [2.24, 2.45) is 5.92 Å². The highest BCUT2D eigenvalue weighted by Crippen LogP contribution is 2.54. The van der Waals surface area contributed by atoms with Crippen LogP contribution in [0.1, 0.15) is 68.6 Å². The number of piperidine rings is 1. The van der Waals surface area contributed by atoms with Crippen LogP contribution in [0.4, 0.5) is 0 Å². The fourth-order valence-corrected chi connectivity index (χ4v) is 7.84. The summed E-state index contributed by atoms with van der Waals surface area (Å²) in [6.45, 7) is 5.29. The second kappa shape index (κ2) is 12.3. The molecular formula is C37H40N2O8. The van der Waals surface area contributed by atoms with Crippen LogP contribution in [0, 0.1) is 5.92 Å². The number of allylic oxidation sites excluding steroid dienone is 3. The maximum Gasteiger partial charge on any atom is 0.375 e. The molecule has 246 valence electrons. The third kappa shape index (κ3) is 5.33. The molecule has 0 bridgehead atoms. The highest BCUT2D eigenvalue weighted by molar-refractivity contribution is 6.10. The molecule has 2 fully saturated rings. The first-order valence-corrected chi connectivity index (χ1v) is 16.5. The SMILES string of the molecule is CCOC(=O)C1=C(C=O)C(=C2CCC(=O)C(c3ccc4[nH]ccc4c3)C2)c2c(cc3c(c2OC)CC(C(C)(O)C2CCNCC2)O3)O1. The number of esters is 1. The number of hydrogen-bond acceptors (Lipinski definition) is 9. The number of aliphatic hydroxyl groups is 1. The number of hydrogen-bond donors (Lipinski definition) is 3. The minimum absolute atomic E-state index is 0.0542. The van der Waals surface area contributed by atoms with Crippen LogP contribution >= 0.6 is 0 Å². The van der Waals surface area contributed by atoms with E-state index in [1.165, 1.54) is 0 Å². The summed E-state index contributed by atoms with van der Waals surface area (Å²) >= 11 is 0. The van der Waals surface area contributed by atoms with Crippen LogP contribution in [0.2, 0.25) is 0 Å². The number of Topliss-reactive ketones (excluding diaryl/α,β-unsaturated/α-hetero) is 1. The van der Waals surface area contributed by atoms with Crippen LogP contribution in [-0.2, 0) is 25.5 Å². The smallest absolute Gasteiger partial charge is 0.375 e. The number of benzene rings is 2. The van der Waals surface area contributed by atoms with E-state index in [1.807, 2.05) is 37.4 Å². The molecule has 1 aromatic heterocycles. The number of H-pyrrole nitrogens is 1. The van der Waals surface area contributed by atoms with Gasteiger partial charge in [0.2, 0.25) is 5.76 Å². The molecule has 1 saturated carbocycles. The Balaban J connectivity index is 1.36. The van der Waals surface area contributed by atoms with Crippen LogP contribution in [0.25, 0.3) is 16.5 Å². The van der Waals surface area contributed by atoms with E-state index in [1.54, 1.807) is 20.1 Å². The van der Waals surface area contributed by atoms with E-state index in [2.05, 4.69) is 10.3 Å². The van der Waals surface area contributed by atoms with E-state index in [0.29, 0.717) is 53.9 Å². The van der Waals surface area contributed by atoms with E-state index in [4.69, 9.17) is 18.9 Å². The topological polar surface area (TPSA) is 136 Å². The monoisotopic (exact) mass is 640 g/mol. The Morgan fingerprint density at radius 1 is 1.13 bits per heavy atom. The fraction of sp³-hybridized carbons (Fsp3) is 0.432. The largest absolute Gasteiger partial charge is 0.496 e. The maximum atomic E-state index is 13.4.